The average Bonchev–Trinajstić information content (AvgIpc) is 3.13. The molecule has 1 aromatic carbocycles. The number of benzene rings is 1. The fraction of sp³-hybridized carbons (Fsp3) is 0.667. The van der Waals surface area contributed by atoms with Gasteiger partial charge in [-0.15, -0.1) is 0 Å². The van der Waals surface area contributed by atoms with Crippen molar-refractivity contribution in [2.75, 3.05) is 0 Å². The van der Waals surface area contributed by atoms with Crippen LogP contribution in [-0.2, 0) is 15.6 Å². The van der Waals surface area contributed by atoms with E-state index in [4.69, 9.17) is 7.85 Å². The summed E-state index contributed by atoms with van der Waals surface area (Å²) < 4.78 is 0. The molecule has 1 saturated carbocycles. The molecule has 24 heavy (non-hydrogen) atoms. The molecule has 1 aromatic rings. The van der Waals surface area contributed by atoms with Gasteiger partial charge in [0.05, 0.1) is 13.3 Å². The highest BCUT2D eigenvalue weighted by molar-refractivity contribution is 6.09. The molecule has 3 heteroatoms. The van der Waals surface area contributed by atoms with Gasteiger partial charge < -0.3 is 5.32 Å². The van der Waals surface area contributed by atoms with E-state index < -0.39 is 5.41 Å². The largest absolute Gasteiger partial charge is 0.353 e. The Hall–Kier alpha value is -1.25. The summed E-state index contributed by atoms with van der Waals surface area (Å²) in [7, 11) is 5.98. The molecule has 130 valence electrons. The normalized spacial score (nSPS) is 20.3. The van der Waals surface area contributed by atoms with Crippen molar-refractivity contribution < 1.29 is 4.79 Å². The van der Waals surface area contributed by atoms with E-state index in [1.807, 2.05) is 0 Å². The zero-order valence-electron chi connectivity index (χ0n) is 15.8. The van der Waals surface area contributed by atoms with Crippen LogP contribution >= 0.6 is 0 Å². The van der Waals surface area contributed by atoms with Crippen LogP contribution in [0, 0.1) is 0 Å². The molecule has 0 spiro atoms. The molecule has 1 amide bonds. The Bertz CT molecular complexity index is 543. The Kier molecular flexibility index (Phi) is 6.17. The molecule has 0 aromatic heterocycles. The van der Waals surface area contributed by atoms with Gasteiger partial charge in [-0.2, -0.15) is 0 Å². The Labute approximate surface area is 149 Å². The van der Waals surface area contributed by atoms with Crippen LogP contribution in [0.4, 0.5) is 0 Å². The second-order valence-electron chi connectivity index (χ2n) is 7.84. The molecule has 2 atom stereocenters. The predicted molar refractivity (Wildman–Crippen MR) is 103 cm³/mol. The zero-order valence-corrected chi connectivity index (χ0v) is 15.8. The van der Waals surface area contributed by atoms with Crippen LogP contribution < -0.4 is 5.32 Å². The minimum absolute atomic E-state index is 0.00719. The predicted octanol–water partition coefficient (Wildman–Crippen LogP) is 4.67. The number of hydrogen-bond donors (Lipinski definition) is 1. The van der Waals surface area contributed by atoms with Gasteiger partial charge in [0, 0.05) is 6.04 Å². The molecule has 2 radical (unpaired) electrons. The fourth-order valence-corrected chi connectivity index (χ4v) is 3.62. The number of hydrogen-bond acceptors (Lipinski definition) is 1. The Balaban J connectivity index is 2.21. The highest BCUT2D eigenvalue weighted by atomic mass is 16.2. The van der Waals surface area contributed by atoms with Gasteiger partial charge >= 0.3 is 0 Å². The van der Waals surface area contributed by atoms with Crippen LogP contribution in [-0.4, -0.2) is 19.8 Å². The molecule has 2 rings (SSSR count). The van der Waals surface area contributed by atoms with Crippen molar-refractivity contribution in [2.45, 2.75) is 89.4 Å². The second kappa shape index (κ2) is 7.76. The van der Waals surface area contributed by atoms with Crippen molar-refractivity contribution >= 4 is 13.8 Å². The summed E-state index contributed by atoms with van der Waals surface area (Å²) in [5.41, 5.74) is 1.89. The third kappa shape index (κ3) is 3.71. The van der Waals surface area contributed by atoms with Crippen molar-refractivity contribution in [3.05, 3.63) is 35.4 Å². The summed E-state index contributed by atoms with van der Waals surface area (Å²) in [6.45, 7) is 8.53. The Morgan fingerprint density at radius 3 is 2.08 bits per heavy atom. The lowest BCUT2D eigenvalue weighted by Gasteiger charge is -2.31. The van der Waals surface area contributed by atoms with Gasteiger partial charge in [-0.3, -0.25) is 4.79 Å². The van der Waals surface area contributed by atoms with Crippen LogP contribution in [0.5, 0.6) is 0 Å². The van der Waals surface area contributed by atoms with E-state index in [-0.39, 0.29) is 11.3 Å². The minimum Gasteiger partial charge on any atom is -0.353 e. The standard InChI is InChI=1S/C21H32BNO/c1-5-20(3,15-22)16-11-13-17(14-12-16)21(4,6-2)19(24)23-18-9-7-8-10-18/h11-14,18H,5-10,15H2,1-4H3,(H,23,24). The summed E-state index contributed by atoms with van der Waals surface area (Å²) in [6.07, 6.45) is 7.15. The average molecular weight is 325 g/mol. The van der Waals surface area contributed by atoms with Crippen molar-refractivity contribution in [3.63, 3.8) is 0 Å². The Morgan fingerprint density at radius 1 is 1.08 bits per heavy atom. The van der Waals surface area contributed by atoms with E-state index in [1.54, 1.807) is 0 Å². The molecule has 1 N–H and O–H groups in total. The molecule has 1 aliphatic rings. The van der Waals surface area contributed by atoms with Crippen molar-refractivity contribution in [1.29, 1.82) is 0 Å². The number of rotatable bonds is 7. The Morgan fingerprint density at radius 2 is 1.62 bits per heavy atom. The van der Waals surface area contributed by atoms with E-state index in [1.165, 1.54) is 18.4 Å². The number of amides is 1. The first-order valence-corrected chi connectivity index (χ1v) is 9.51. The quantitative estimate of drug-likeness (QED) is 0.725. The second-order valence-corrected chi connectivity index (χ2v) is 7.84. The van der Waals surface area contributed by atoms with Crippen LogP contribution in [0.1, 0.15) is 77.3 Å². The van der Waals surface area contributed by atoms with Gasteiger partial charge in [0.15, 0.2) is 0 Å². The molecule has 0 saturated heterocycles. The molecule has 2 unspecified atom stereocenters. The molecular weight excluding hydrogens is 293 g/mol. The lowest BCUT2D eigenvalue weighted by Crippen LogP contribution is -2.45. The van der Waals surface area contributed by atoms with Gasteiger partial charge in [-0.25, -0.2) is 0 Å². The molecule has 1 aliphatic carbocycles. The van der Waals surface area contributed by atoms with E-state index in [0.29, 0.717) is 12.4 Å². The van der Waals surface area contributed by atoms with Gasteiger partial charge in [0.1, 0.15) is 0 Å². The third-order valence-corrected chi connectivity index (χ3v) is 6.35. The number of nitrogens with one attached hydrogen (secondary N) is 1. The first-order chi connectivity index (χ1) is 11.4. The van der Waals surface area contributed by atoms with E-state index in [0.717, 1.165) is 31.2 Å². The maximum absolute atomic E-state index is 12.9. The number of carbonyl (C=O) groups excluding carboxylic acids is 1. The first kappa shape index (κ1) is 19.1. The highest BCUT2D eigenvalue weighted by Gasteiger charge is 2.35. The zero-order chi connectivity index (χ0) is 17.8. The molecule has 2 nitrogen and oxygen atoms in total. The number of carbonyl (C=O) groups is 1. The van der Waals surface area contributed by atoms with Crippen LogP contribution in [0.25, 0.3) is 0 Å². The lowest BCUT2D eigenvalue weighted by molar-refractivity contribution is -0.127. The molecule has 1 fully saturated rings. The topological polar surface area (TPSA) is 29.1 Å². The summed E-state index contributed by atoms with van der Waals surface area (Å²) >= 11 is 0. The summed E-state index contributed by atoms with van der Waals surface area (Å²) in [5.74, 6) is 0.168. The first-order valence-electron chi connectivity index (χ1n) is 9.51. The molecule has 0 aliphatic heterocycles. The van der Waals surface area contributed by atoms with E-state index >= 15 is 0 Å². The van der Waals surface area contributed by atoms with E-state index in [2.05, 4.69) is 57.3 Å². The van der Waals surface area contributed by atoms with Crippen LogP contribution in [0.15, 0.2) is 24.3 Å². The van der Waals surface area contributed by atoms with E-state index in [9.17, 15) is 4.79 Å². The molecular formula is C21H32BNO. The third-order valence-electron chi connectivity index (χ3n) is 6.35. The van der Waals surface area contributed by atoms with Crippen molar-refractivity contribution in [2.24, 2.45) is 0 Å². The SMILES string of the molecule is [B]CC(C)(CC)c1ccc(C(C)(CC)C(=O)NC2CCCC2)cc1. The monoisotopic (exact) mass is 325 g/mol. The van der Waals surface area contributed by atoms with Crippen LogP contribution in [0.2, 0.25) is 6.32 Å². The summed E-state index contributed by atoms with van der Waals surface area (Å²) in [4.78, 5) is 12.9. The maximum atomic E-state index is 12.9. The lowest BCUT2D eigenvalue weighted by atomic mass is 9.70. The fourth-order valence-electron chi connectivity index (χ4n) is 3.62. The van der Waals surface area contributed by atoms with Crippen LogP contribution in [0.3, 0.4) is 0 Å². The van der Waals surface area contributed by atoms with Gasteiger partial charge in [0.2, 0.25) is 5.91 Å². The van der Waals surface area contributed by atoms with Crippen molar-refractivity contribution in [1.82, 2.24) is 5.32 Å². The smallest absolute Gasteiger partial charge is 0.230 e. The molecule has 0 bridgehead atoms. The summed E-state index contributed by atoms with van der Waals surface area (Å²) in [5, 5.41) is 3.28. The summed E-state index contributed by atoms with van der Waals surface area (Å²) in [6, 6.07) is 8.92. The van der Waals surface area contributed by atoms with Gasteiger partial charge in [0.25, 0.3) is 0 Å². The van der Waals surface area contributed by atoms with Gasteiger partial charge in [-0.1, -0.05) is 64.2 Å². The van der Waals surface area contributed by atoms with Crippen molar-refractivity contribution in [3.8, 4) is 0 Å². The maximum Gasteiger partial charge on any atom is 0.230 e. The highest BCUT2D eigenvalue weighted by Crippen LogP contribution is 2.34. The minimum atomic E-state index is -0.466. The molecule has 0 heterocycles. The van der Waals surface area contributed by atoms with Gasteiger partial charge in [-0.05, 0) is 49.1 Å².